The van der Waals surface area contributed by atoms with Crippen molar-refractivity contribution in [3.05, 3.63) is 65.2 Å². The SMILES string of the molecule is CCSc1nc(-c2ccccc2)c(NC(=O)c2cccc(Cl)c2)s1. The van der Waals surface area contributed by atoms with Gasteiger partial charge in [0.1, 0.15) is 10.7 Å². The number of nitrogens with zero attached hydrogens (tertiary/aromatic N) is 1. The molecule has 3 rings (SSSR count). The number of carbonyl (C=O) groups is 1. The molecule has 122 valence electrons. The molecule has 0 unspecified atom stereocenters. The maximum atomic E-state index is 12.5. The van der Waals surface area contributed by atoms with Gasteiger partial charge in [-0.25, -0.2) is 4.98 Å². The predicted octanol–water partition coefficient (Wildman–Crippen LogP) is 5.83. The average Bonchev–Trinajstić information content (AvgIpc) is 2.98. The first-order chi connectivity index (χ1) is 11.7. The van der Waals surface area contributed by atoms with Crippen LogP contribution in [0.15, 0.2) is 58.9 Å². The quantitative estimate of drug-likeness (QED) is 0.571. The van der Waals surface area contributed by atoms with Crippen molar-refractivity contribution in [1.29, 1.82) is 0 Å². The molecule has 0 bridgehead atoms. The van der Waals surface area contributed by atoms with Gasteiger partial charge in [-0.2, -0.15) is 0 Å². The Labute approximate surface area is 154 Å². The number of aromatic nitrogens is 1. The van der Waals surface area contributed by atoms with Crippen molar-refractivity contribution in [2.75, 3.05) is 11.1 Å². The summed E-state index contributed by atoms with van der Waals surface area (Å²) in [5.41, 5.74) is 2.31. The molecule has 0 aliphatic rings. The molecule has 0 saturated heterocycles. The predicted molar refractivity (Wildman–Crippen MR) is 103 cm³/mol. The van der Waals surface area contributed by atoms with Crippen molar-refractivity contribution in [2.45, 2.75) is 11.3 Å². The Hall–Kier alpha value is -1.82. The average molecular weight is 375 g/mol. The van der Waals surface area contributed by atoms with Crippen LogP contribution in [0.25, 0.3) is 11.3 Å². The zero-order valence-corrected chi connectivity index (χ0v) is 15.3. The van der Waals surface area contributed by atoms with Crippen LogP contribution in [0.5, 0.6) is 0 Å². The van der Waals surface area contributed by atoms with E-state index in [0.29, 0.717) is 10.6 Å². The first kappa shape index (κ1) is 17.0. The molecule has 0 saturated carbocycles. The molecule has 0 radical (unpaired) electrons. The van der Waals surface area contributed by atoms with Gasteiger partial charge in [0.05, 0.1) is 0 Å². The number of hydrogen-bond acceptors (Lipinski definition) is 4. The van der Waals surface area contributed by atoms with E-state index in [-0.39, 0.29) is 5.91 Å². The number of thiazole rings is 1. The lowest BCUT2D eigenvalue weighted by Gasteiger charge is -2.05. The van der Waals surface area contributed by atoms with E-state index >= 15 is 0 Å². The van der Waals surface area contributed by atoms with Crippen LogP contribution in [0.3, 0.4) is 0 Å². The number of halogens is 1. The molecule has 3 aromatic rings. The highest BCUT2D eigenvalue weighted by Crippen LogP contribution is 2.37. The lowest BCUT2D eigenvalue weighted by atomic mass is 10.1. The summed E-state index contributed by atoms with van der Waals surface area (Å²) >= 11 is 9.13. The van der Waals surface area contributed by atoms with Crippen LogP contribution in [0.1, 0.15) is 17.3 Å². The molecule has 0 fully saturated rings. The van der Waals surface area contributed by atoms with Crippen molar-refractivity contribution in [2.24, 2.45) is 0 Å². The smallest absolute Gasteiger partial charge is 0.256 e. The summed E-state index contributed by atoms with van der Waals surface area (Å²) in [6.45, 7) is 2.08. The van der Waals surface area contributed by atoms with E-state index in [4.69, 9.17) is 11.6 Å². The van der Waals surface area contributed by atoms with Gasteiger partial charge in [-0.1, -0.05) is 78.0 Å². The van der Waals surface area contributed by atoms with E-state index in [1.54, 1.807) is 36.0 Å². The van der Waals surface area contributed by atoms with Gasteiger partial charge in [-0.3, -0.25) is 4.79 Å². The van der Waals surface area contributed by atoms with E-state index in [0.717, 1.165) is 26.4 Å². The lowest BCUT2D eigenvalue weighted by molar-refractivity contribution is 0.102. The second-order valence-electron chi connectivity index (χ2n) is 4.92. The van der Waals surface area contributed by atoms with Crippen LogP contribution in [-0.2, 0) is 0 Å². The Bertz CT molecular complexity index is 849. The fourth-order valence-corrected chi connectivity index (χ4v) is 4.31. The van der Waals surface area contributed by atoms with Crippen LogP contribution < -0.4 is 5.32 Å². The molecular formula is C18H15ClN2OS2. The molecule has 0 aliphatic heterocycles. The highest BCUT2D eigenvalue weighted by molar-refractivity contribution is 8.01. The van der Waals surface area contributed by atoms with Crippen LogP contribution in [0.4, 0.5) is 5.00 Å². The van der Waals surface area contributed by atoms with Gasteiger partial charge in [0.15, 0.2) is 4.34 Å². The maximum absolute atomic E-state index is 12.5. The first-order valence-corrected chi connectivity index (χ1v) is 9.61. The molecule has 3 nitrogen and oxygen atoms in total. The van der Waals surface area contributed by atoms with Crippen molar-refractivity contribution in [1.82, 2.24) is 4.98 Å². The standard InChI is InChI=1S/C18H15ClN2OS2/c1-2-23-18-20-15(12-7-4-3-5-8-12)17(24-18)21-16(22)13-9-6-10-14(19)11-13/h3-11H,2H2,1H3,(H,21,22). The third-order valence-corrected chi connectivity index (χ3v) is 5.47. The highest BCUT2D eigenvalue weighted by Gasteiger charge is 2.16. The summed E-state index contributed by atoms with van der Waals surface area (Å²) in [6.07, 6.45) is 0. The Kier molecular flexibility index (Phi) is 5.56. The number of thioether (sulfide) groups is 1. The topological polar surface area (TPSA) is 42.0 Å². The van der Waals surface area contributed by atoms with Gasteiger partial charge in [0.25, 0.3) is 5.91 Å². The minimum atomic E-state index is -0.189. The number of nitrogens with one attached hydrogen (secondary N) is 1. The third-order valence-electron chi connectivity index (χ3n) is 3.24. The van der Waals surface area contributed by atoms with Crippen LogP contribution >= 0.6 is 34.7 Å². The Balaban J connectivity index is 1.93. The lowest BCUT2D eigenvalue weighted by Crippen LogP contribution is -2.11. The number of anilines is 1. The van der Waals surface area contributed by atoms with Gasteiger partial charge < -0.3 is 5.32 Å². The summed E-state index contributed by atoms with van der Waals surface area (Å²) in [4.78, 5) is 17.2. The first-order valence-electron chi connectivity index (χ1n) is 7.43. The highest BCUT2D eigenvalue weighted by atomic mass is 35.5. The molecule has 1 heterocycles. The molecule has 0 spiro atoms. The van der Waals surface area contributed by atoms with Crippen molar-refractivity contribution < 1.29 is 4.79 Å². The summed E-state index contributed by atoms with van der Waals surface area (Å²) in [7, 11) is 0. The summed E-state index contributed by atoms with van der Waals surface area (Å²) in [5.74, 6) is 0.745. The Morgan fingerprint density at radius 2 is 2.00 bits per heavy atom. The minimum absolute atomic E-state index is 0.189. The van der Waals surface area contributed by atoms with Gasteiger partial charge in [0, 0.05) is 16.1 Å². The second kappa shape index (κ2) is 7.83. The zero-order chi connectivity index (χ0) is 16.9. The fraction of sp³-hybridized carbons (Fsp3) is 0.111. The van der Waals surface area contributed by atoms with Crippen molar-refractivity contribution >= 4 is 45.6 Å². The Morgan fingerprint density at radius 3 is 2.71 bits per heavy atom. The monoisotopic (exact) mass is 374 g/mol. The van der Waals surface area contributed by atoms with Crippen LogP contribution in [-0.4, -0.2) is 16.6 Å². The number of carbonyl (C=O) groups excluding carboxylic acids is 1. The summed E-state index contributed by atoms with van der Waals surface area (Å²) in [6, 6.07) is 16.8. The fourth-order valence-electron chi connectivity index (χ4n) is 2.17. The number of hydrogen-bond donors (Lipinski definition) is 1. The van der Waals surface area contributed by atoms with Gasteiger partial charge >= 0.3 is 0 Å². The Morgan fingerprint density at radius 1 is 1.21 bits per heavy atom. The van der Waals surface area contributed by atoms with Crippen LogP contribution in [0.2, 0.25) is 5.02 Å². The number of benzene rings is 2. The molecule has 1 N–H and O–H groups in total. The maximum Gasteiger partial charge on any atom is 0.256 e. The normalized spacial score (nSPS) is 10.6. The molecule has 0 aliphatic carbocycles. The summed E-state index contributed by atoms with van der Waals surface area (Å²) < 4.78 is 0.942. The number of amides is 1. The molecule has 1 aromatic heterocycles. The van der Waals surface area contributed by atoms with Gasteiger partial charge in [-0.15, -0.1) is 0 Å². The molecule has 2 aromatic carbocycles. The minimum Gasteiger partial charge on any atom is -0.312 e. The molecule has 0 atom stereocenters. The van der Waals surface area contributed by atoms with E-state index in [9.17, 15) is 4.79 Å². The zero-order valence-electron chi connectivity index (χ0n) is 13.0. The van der Waals surface area contributed by atoms with Gasteiger partial charge in [-0.05, 0) is 24.0 Å². The van der Waals surface area contributed by atoms with E-state index in [1.807, 2.05) is 30.3 Å². The molecule has 24 heavy (non-hydrogen) atoms. The van der Waals surface area contributed by atoms with E-state index in [2.05, 4.69) is 17.2 Å². The van der Waals surface area contributed by atoms with E-state index in [1.165, 1.54) is 11.3 Å². The van der Waals surface area contributed by atoms with E-state index < -0.39 is 0 Å². The second-order valence-corrected chi connectivity index (χ2v) is 7.87. The third kappa shape index (κ3) is 3.98. The summed E-state index contributed by atoms with van der Waals surface area (Å²) in [5, 5.41) is 4.27. The van der Waals surface area contributed by atoms with Crippen molar-refractivity contribution in [3.63, 3.8) is 0 Å². The molecular weight excluding hydrogens is 360 g/mol. The molecule has 1 amide bonds. The number of rotatable bonds is 5. The van der Waals surface area contributed by atoms with Crippen LogP contribution in [0, 0.1) is 0 Å². The molecule has 6 heteroatoms. The largest absolute Gasteiger partial charge is 0.312 e. The van der Waals surface area contributed by atoms with Gasteiger partial charge in [0.2, 0.25) is 0 Å². The van der Waals surface area contributed by atoms with Crippen molar-refractivity contribution in [3.8, 4) is 11.3 Å².